The van der Waals surface area contributed by atoms with E-state index in [0.29, 0.717) is 31.6 Å². The number of unbranched alkanes of at least 4 members (excludes halogenated alkanes) is 30. The molecule has 0 aliphatic carbocycles. The van der Waals surface area contributed by atoms with E-state index in [1.165, 1.54) is 128 Å². The van der Waals surface area contributed by atoms with Crippen molar-refractivity contribution in [3.63, 3.8) is 0 Å². The molecule has 0 heterocycles. The van der Waals surface area contributed by atoms with Crippen LogP contribution in [0, 0.1) is 23.7 Å². The Kier molecular flexibility index (Phi) is 56.6. The average molecular weight is 1280 g/mol. The third-order valence-corrected chi connectivity index (χ3v) is 17.8. The molecule has 0 rings (SSSR count). The van der Waals surface area contributed by atoms with E-state index in [0.717, 1.165) is 114 Å². The van der Waals surface area contributed by atoms with Gasteiger partial charge >= 0.3 is 39.5 Å². The lowest BCUT2D eigenvalue weighted by atomic mass is 10.00. The van der Waals surface area contributed by atoms with E-state index in [4.69, 9.17) is 37.0 Å². The van der Waals surface area contributed by atoms with Gasteiger partial charge in [-0.3, -0.25) is 37.3 Å². The van der Waals surface area contributed by atoms with Crippen molar-refractivity contribution >= 4 is 39.5 Å². The van der Waals surface area contributed by atoms with Gasteiger partial charge in [0.2, 0.25) is 0 Å². The molecule has 0 bridgehead atoms. The van der Waals surface area contributed by atoms with Gasteiger partial charge in [0.25, 0.3) is 0 Å². The summed E-state index contributed by atoms with van der Waals surface area (Å²) in [5.74, 6) is 0.799. The van der Waals surface area contributed by atoms with Crippen LogP contribution in [0.2, 0.25) is 0 Å². The summed E-state index contributed by atoms with van der Waals surface area (Å²) in [4.78, 5) is 72.4. The Bertz CT molecular complexity index is 1730. The molecule has 0 radical (unpaired) electrons. The molecular formula is C68H132O17P2. The number of esters is 4. The third-order valence-electron chi connectivity index (χ3n) is 15.9. The summed E-state index contributed by atoms with van der Waals surface area (Å²) in [6.45, 7) is 14.0. The quantitative estimate of drug-likeness (QED) is 0.0222. The van der Waals surface area contributed by atoms with Crippen molar-refractivity contribution in [3.05, 3.63) is 0 Å². The molecule has 0 saturated heterocycles. The molecule has 0 amide bonds. The van der Waals surface area contributed by atoms with Gasteiger partial charge in [-0.2, -0.15) is 0 Å². The maximum atomic E-state index is 13.0. The normalized spacial score (nSPS) is 14.6. The van der Waals surface area contributed by atoms with Crippen molar-refractivity contribution in [1.82, 2.24) is 0 Å². The number of aliphatic hydroxyl groups is 1. The molecule has 0 aromatic heterocycles. The predicted octanol–water partition coefficient (Wildman–Crippen LogP) is 18.9. The van der Waals surface area contributed by atoms with Crippen molar-refractivity contribution in [1.29, 1.82) is 0 Å². The highest BCUT2D eigenvalue weighted by atomic mass is 31.2. The van der Waals surface area contributed by atoms with Crippen molar-refractivity contribution in [2.75, 3.05) is 39.6 Å². The van der Waals surface area contributed by atoms with Crippen molar-refractivity contribution in [2.24, 2.45) is 23.7 Å². The predicted molar refractivity (Wildman–Crippen MR) is 349 cm³/mol. The standard InChI is InChI=1S/C68H132O17P2/c1-9-61(8)47-39-31-25-27-35-43-51-68(73)85-64(54-78-65(70)48-40-32-22-18-15-14-17-21-29-37-45-59(4)5)57-83-87(76,77)81-53-62(69)52-80-86(74,75)82-56-63(55-79-66(71)49-41-33-26-24-30-38-46-60(6)7)84-67(72)50-42-34-23-19-13-11-10-12-16-20-28-36-44-58(2)3/h58-64,69H,9-57H2,1-8H3,(H,74,75)(H,76,77)/t61?,62-,63+,64+/m0/s1. The number of carbonyl (C=O) groups excluding carboxylic acids is 4. The summed E-state index contributed by atoms with van der Waals surface area (Å²) in [5, 5.41) is 10.6. The fourth-order valence-electron chi connectivity index (χ4n) is 10.1. The van der Waals surface area contributed by atoms with E-state index in [1.54, 1.807) is 0 Å². The number of carbonyl (C=O) groups is 4. The first-order valence-electron chi connectivity index (χ1n) is 35.2. The molecule has 0 aromatic rings. The molecule has 0 aliphatic heterocycles. The molecule has 6 atom stereocenters. The average Bonchev–Trinajstić information content (AvgIpc) is 3.60. The van der Waals surface area contributed by atoms with Gasteiger partial charge in [-0.15, -0.1) is 0 Å². The highest BCUT2D eigenvalue weighted by Crippen LogP contribution is 2.45. The fourth-order valence-corrected chi connectivity index (χ4v) is 11.7. The summed E-state index contributed by atoms with van der Waals surface area (Å²) in [6.07, 6.45) is 39.1. The Morgan fingerprint density at radius 3 is 0.816 bits per heavy atom. The second-order valence-corrected chi connectivity index (χ2v) is 29.1. The van der Waals surface area contributed by atoms with Crippen LogP contribution in [0.3, 0.4) is 0 Å². The molecule has 516 valence electrons. The Labute approximate surface area is 530 Å². The molecule has 3 unspecified atom stereocenters. The summed E-state index contributed by atoms with van der Waals surface area (Å²) >= 11 is 0. The summed E-state index contributed by atoms with van der Waals surface area (Å²) < 4.78 is 68.1. The summed E-state index contributed by atoms with van der Waals surface area (Å²) in [6, 6.07) is 0. The smallest absolute Gasteiger partial charge is 0.462 e. The largest absolute Gasteiger partial charge is 0.472 e. The van der Waals surface area contributed by atoms with E-state index in [2.05, 4.69) is 55.4 Å². The topological polar surface area (TPSA) is 237 Å². The molecule has 3 N–H and O–H groups in total. The van der Waals surface area contributed by atoms with Crippen LogP contribution in [0.15, 0.2) is 0 Å². The number of rotatable bonds is 65. The van der Waals surface area contributed by atoms with Gasteiger partial charge in [0, 0.05) is 25.7 Å². The second kappa shape index (κ2) is 57.9. The van der Waals surface area contributed by atoms with E-state index < -0.39 is 97.5 Å². The first kappa shape index (κ1) is 85.1. The van der Waals surface area contributed by atoms with E-state index in [9.17, 15) is 43.2 Å². The van der Waals surface area contributed by atoms with E-state index in [-0.39, 0.29) is 25.7 Å². The number of hydrogen-bond donors (Lipinski definition) is 3. The van der Waals surface area contributed by atoms with Gasteiger partial charge in [-0.05, 0) is 49.4 Å². The Balaban J connectivity index is 5.23. The Morgan fingerprint density at radius 2 is 0.552 bits per heavy atom. The van der Waals surface area contributed by atoms with Gasteiger partial charge in [0.05, 0.1) is 26.4 Å². The zero-order valence-electron chi connectivity index (χ0n) is 56.6. The van der Waals surface area contributed by atoms with E-state index >= 15 is 0 Å². The van der Waals surface area contributed by atoms with Crippen LogP contribution in [0.4, 0.5) is 0 Å². The second-order valence-electron chi connectivity index (χ2n) is 26.2. The minimum atomic E-state index is -4.95. The van der Waals surface area contributed by atoms with Crippen LogP contribution >= 0.6 is 15.6 Å². The Morgan fingerprint density at radius 1 is 0.322 bits per heavy atom. The fraction of sp³-hybridized carbons (Fsp3) is 0.941. The summed E-state index contributed by atoms with van der Waals surface area (Å²) in [7, 11) is -9.90. The van der Waals surface area contributed by atoms with Crippen LogP contribution in [0.5, 0.6) is 0 Å². The van der Waals surface area contributed by atoms with Gasteiger partial charge in [-0.25, -0.2) is 9.13 Å². The molecule has 0 spiro atoms. The van der Waals surface area contributed by atoms with Crippen LogP contribution in [-0.2, 0) is 65.4 Å². The van der Waals surface area contributed by atoms with Crippen LogP contribution in [0.25, 0.3) is 0 Å². The van der Waals surface area contributed by atoms with E-state index in [1.807, 2.05) is 0 Å². The maximum absolute atomic E-state index is 13.0. The lowest BCUT2D eigenvalue weighted by Crippen LogP contribution is -2.30. The first-order chi connectivity index (χ1) is 41.6. The molecule has 17 nitrogen and oxygen atoms in total. The molecule has 19 heteroatoms. The monoisotopic (exact) mass is 1280 g/mol. The van der Waals surface area contributed by atoms with Crippen molar-refractivity contribution < 1.29 is 80.2 Å². The van der Waals surface area contributed by atoms with Crippen LogP contribution in [0.1, 0.15) is 331 Å². The zero-order chi connectivity index (χ0) is 64.7. The van der Waals surface area contributed by atoms with Gasteiger partial charge < -0.3 is 33.8 Å². The molecule has 0 aromatic carbocycles. The zero-order valence-corrected chi connectivity index (χ0v) is 58.4. The Hall–Kier alpha value is -1.94. The van der Waals surface area contributed by atoms with Gasteiger partial charge in [0.15, 0.2) is 12.2 Å². The number of phosphoric acid groups is 2. The third kappa shape index (κ3) is 61.3. The number of hydrogen-bond acceptors (Lipinski definition) is 15. The minimum absolute atomic E-state index is 0.102. The van der Waals surface area contributed by atoms with Crippen LogP contribution < -0.4 is 0 Å². The lowest BCUT2D eigenvalue weighted by molar-refractivity contribution is -0.161. The molecule has 0 fully saturated rings. The van der Waals surface area contributed by atoms with Crippen LogP contribution in [-0.4, -0.2) is 96.7 Å². The lowest BCUT2D eigenvalue weighted by Gasteiger charge is -2.21. The molecule has 0 saturated carbocycles. The number of ether oxygens (including phenoxy) is 4. The number of aliphatic hydroxyl groups excluding tert-OH is 1. The first-order valence-corrected chi connectivity index (χ1v) is 38.2. The molecule has 87 heavy (non-hydrogen) atoms. The summed E-state index contributed by atoms with van der Waals surface area (Å²) in [5.41, 5.74) is 0. The molecule has 0 aliphatic rings. The van der Waals surface area contributed by atoms with Crippen molar-refractivity contribution in [3.8, 4) is 0 Å². The van der Waals surface area contributed by atoms with Gasteiger partial charge in [0.1, 0.15) is 19.3 Å². The minimum Gasteiger partial charge on any atom is -0.462 e. The van der Waals surface area contributed by atoms with Crippen molar-refractivity contribution in [2.45, 2.75) is 350 Å². The molecular weight excluding hydrogens is 1150 g/mol. The highest BCUT2D eigenvalue weighted by molar-refractivity contribution is 7.47. The highest BCUT2D eigenvalue weighted by Gasteiger charge is 2.30. The van der Waals surface area contributed by atoms with Gasteiger partial charge in [-0.1, -0.05) is 280 Å². The SMILES string of the molecule is CCC(C)CCCCCCCCC(=O)O[C@H](COC(=O)CCCCCCCCCCCCC(C)C)COP(=O)(O)OC[C@@H](O)COP(=O)(O)OC[C@@H](COC(=O)CCCCCCCCC(C)C)OC(=O)CCCCCCCCCCCCCCC(C)C. The number of phosphoric ester groups is 2. The maximum Gasteiger partial charge on any atom is 0.472 e.